The van der Waals surface area contributed by atoms with Crippen molar-refractivity contribution in [2.45, 2.75) is 19.9 Å². The number of amides is 2. The number of nitrogens with two attached hydrogens (primary N) is 1. The monoisotopic (exact) mass is 211 g/mol. The van der Waals surface area contributed by atoms with E-state index in [0.717, 1.165) is 12.0 Å². The van der Waals surface area contributed by atoms with E-state index in [1.54, 1.807) is 17.9 Å². The fourth-order valence-corrected chi connectivity index (χ4v) is 1.11. The lowest BCUT2D eigenvalue weighted by Crippen LogP contribution is -2.35. The van der Waals surface area contributed by atoms with Crippen LogP contribution in [0.5, 0.6) is 0 Å². The van der Waals surface area contributed by atoms with E-state index < -0.39 is 0 Å². The van der Waals surface area contributed by atoms with Crippen molar-refractivity contribution < 1.29 is 4.79 Å². The van der Waals surface area contributed by atoms with E-state index in [0.29, 0.717) is 18.9 Å². The number of aromatic nitrogens is 2. The van der Waals surface area contributed by atoms with Crippen LogP contribution in [0, 0.1) is 0 Å². The maximum atomic E-state index is 11.2. The highest BCUT2D eigenvalue weighted by atomic mass is 16.2. The molecule has 0 unspecified atom stereocenters. The average molecular weight is 211 g/mol. The molecule has 6 nitrogen and oxygen atoms in total. The number of urea groups is 1. The van der Waals surface area contributed by atoms with Gasteiger partial charge in [0.05, 0.1) is 6.20 Å². The average Bonchev–Trinajstić information content (AvgIpc) is 2.54. The molecule has 0 saturated carbocycles. The second-order valence-corrected chi connectivity index (χ2v) is 3.29. The van der Waals surface area contributed by atoms with Gasteiger partial charge in [-0.2, -0.15) is 5.10 Å². The van der Waals surface area contributed by atoms with Crippen LogP contribution in [0.3, 0.4) is 0 Å². The van der Waals surface area contributed by atoms with Gasteiger partial charge in [0.1, 0.15) is 5.82 Å². The lowest BCUT2D eigenvalue weighted by molar-refractivity contribution is 0.240. The molecule has 2 amide bonds. The van der Waals surface area contributed by atoms with E-state index in [1.165, 1.54) is 0 Å². The molecule has 1 aromatic rings. The van der Waals surface area contributed by atoms with E-state index in [-0.39, 0.29) is 6.03 Å². The zero-order valence-corrected chi connectivity index (χ0v) is 9.08. The smallest absolute Gasteiger partial charge is 0.315 e. The number of carbonyl (C=O) groups excluding carboxylic acids is 1. The van der Waals surface area contributed by atoms with Gasteiger partial charge in [0.2, 0.25) is 0 Å². The summed E-state index contributed by atoms with van der Waals surface area (Å²) in [6.07, 6.45) is 2.57. The summed E-state index contributed by atoms with van der Waals surface area (Å²) in [6.45, 7) is 3.07. The molecule has 4 N–H and O–H groups in total. The fourth-order valence-electron chi connectivity index (χ4n) is 1.11. The molecule has 6 heteroatoms. The third kappa shape index (κ3) is 3.16. The Kier molecular flexibility index (Phi) is 3.96. The maximum Gasteiger partial charge on any atom is 0.315 e. The van der Waals surface area contributed by atoms with Crippen LogP contribution in [0.15, 0.2) is 6.20 Å². The molecular formula is C9H17N5O. The minimum atomic E-state index is -0.180. The van der Waals surface area contributed by atoms with Crippen LogP contribution in [-0.4, -0.2) is 22.4 Å². The molecule has 15 heavy (non-hydrogen) atoms. The van der Waals surface area contributed by atoms with Gasteiger partial charge in [0.25, 0.3) is 0 Å². The van der Waals surface area contributed by atoms with Crippen molar-refractivity contribution in [2.24, 2.45) is 7.05 Å². The molecular weight excluding hydrogens is 194 g/mol. The van der Waals surface area contributed by atoms with Gasteiger partial charge in [0, 0.05) is 25.7 Å². The van der Waals surface area contributed by atoms with Crippen LogP contribution in [-0.2, 0) is 13.6 Å². The number of nitrogens with one attached hydrogen (secondary N) is 2. The van der Waals surface area contributed by atoms with Gasteiger partial charge in [-0.1, -0.05) is 6.92 Å². The first-order valence-electron chi connectivity index (χ1n) is 4.93. The molecule has 0 aliphatic rings. The van der Waals surface area contributed by atoms with Crippen molar-refractivity contribution in [1.82, 2.24) is 20.4 Å². The molecule has 0 radical (unpaired) electrons. The van der Waals surface area contributed by atoms with Crippen LogP contribution in [0.25, 0.3) is 0 Å². The molecule has 0 aliphatic carbocycles. The Labute approximate surface area is 88.8 Å². The highest BCUT2D eigenvalue weighted by molar-refractivity contribution is 5.73. The Hall–Kier alpha value is -1.72. The molecule has 0 saturated heterocycles. The van der Waals surface area contributed by atoms with Crippen LogP contribution >= 0.6 is 0 Å². The summed E-state index contributed by atoms with van der Waals surface area (Å²) in [5, 5.41) is 9.39. The Morgan fingerprint density at radius 1 is 1.60 bits per heavy atom. The minimum Gasteiger partial charge on any atom is -0.384 e. The summed E-state index contributed by atoms with van der Waals surface area (Å²) in [5.74, 6) is 0.575. The van der Waals surface area contributed by atoms with Crippen LogP contribution < -0.4 is 16.4 Å². The molecule has 1 rings (SSSR count). The number of nitrogens with zero attached hydrogens (tertiary/aromatic N) is 2. The number of anilines is 1. The topological polar surface area (TPSA) is 85.0 Å². The zero-order chi connectivity index (χ0) is 11.3. The molecule has 1 aromatic heterocycles. The lowest BCUT2D eigenvalue weighted by Gasteiger charge is -2.05. The first-order chi connectivity index (χ1) is 7.15. The summed E-state index contributed by atoms with van der Waals surface area (Å²) in [7, 11) is 1.76. The Morgan fingerprint density at radius 3 is 2.87 bits per heavy atom. The number of hydrogen-bond acceptors (Lipinski definition) is 3. The number of hydrogen-bond donors (Lipinski definition) is 3. The van der Waals surface area contributed by atoms with Crippen LogP contribution in [0.2, 0.25) is 0 Å². The zero-order valence-electron chi connectivity index (χ0n) is 9.08. The number of rotatable bonds is 4. The Bertz CT molecular complexity index is 333. The van der Waals surface area contributed by atoms with Crippen molar-refractivity contribution >= 4 is 11.8 Å². The molecule has 1 heterocycles. The van der Waals surface area contributed by atoms with Crippen molar-refractivity contribution in [2.75, 3.05) is 12.3 Å². The normalized spacial score (nSPS) is 10.0. The Morgan fingerprint density at radius 2 is 2.33 bits per heavy atom. The SMILES string of the molecule is CCCNC(=O)NCc1cnn(C)c1N. The van der Waals surface area contributed by atoms with Crippen molar-refractivity contribution in [3.05, 3.63) is 11.8 Å². The van der Waals surface area contributed by atoms with Crippen LogP contribution in [0.4, 0.5) is 10.6 Å². The van der Waals surface area contributed by atoms with E-state index in [9.17, 15) is 4.79 Å². The van der Waals surface area contributed by atoms with Crippen LogP contribution in [0.1, 0.15) is 18.9 Å². The Balaban J connectivity index is 2.37. The fraction of sp³-hybridized carbons (Fsp3) is 0.556. The maximum absolute atomic E-state index is 11.2. The molecule has 0 bridgehead atoms. The van der Waals surface area contributed by atoms with Gasteiger partial charge in [-0.3, -0.25) is 4.68 Å². The molecule has 0 aliphatic heterocycles. The van der Waals surface area contributed by atoms with E-state index >= 15 is 0 Å². The van der Waals surface area contributed by atoms with E-state index in [2.05, 4.69) is 15.7 Å². The first-order valence-corrected chi connectivity index (χ1v) is 4.93. The van der Waals surface area contributed by atoms with E-state index in [1.807, 2.05) is 6.92 Å². The number of carbonyl (C=O) groups is 1. The van der Waals surface area contributed by atoms with Gasteiger partial charge in [-0.15, -0.1) is 0 Å². The van der Waals surface area contributed by atoms with Gasteiger partial charge in [-0.25, -0.2) is 4.79 Å². The van der Waals surface area contributed by atoms with Gasteiger partial charge in [-0.05, 0) is 6.42 Å². The summed E-state index contributed by atoms with van der Waals surface area (Å²) < 4.78 is 1.57. The lowest BCUT2D eigenvalue weighted by atomic mass is 10.3. The molecule has 0 aromatic carbocycles. The quantitative estimate of drug-likeness (QED) is 0.665. The van der Waals surface area contributed by atoms with Crippen molar-refractivity contribution in [1.29, 1.82) is 0 Å². The van der Waals surface area contributed by atoms with Gasteiger partial charge in [0.15, 0.2) is 0 Å². The molecule has 84 valence electrons. The summed E-state index contributed by atoms with van der Waals surface area (Å²) in [5.41, 5.74) is 6.54. The highest BCUT2D eigenvalue weighted by Crippen LogP contribution is 2.07. The first kappa shape index (κ1) is 11.4. The third-order valence-electron chi connectivity index (χ3n) is 2.04. The summed E-state index contributed by atoms with van der Waals surface area (Å²) in [4.78, 5) is 11.2. The predicted octanol–water partition coefficient (Wildman–Crippen LogP) is 0.212. The summed E-state index contributed by atoms with van der Waals surface area (Å²) in [6, 6.07) is -0.180. The predicted molar refractivity (Wildman–Crippen MR) is 58.1 cm³/mol. The summed E-state index contributed by atoms with van der Waals surface area (Å²) >= 11 is 0. The second-order valence-electron chi connectivity index (χ2n) is 3.29. The molecule has 0 atom stereocenters. The number of aryl methyl sites for hydroxylation is 1. The third-order valence-corrected chi connectivity index (χ3v) is 2.04. The highest BCUT2D eigenvalue weighted by Gasteiger charge is 2.05. The molecule has 0 fully saturated rings. The van der Waals surface area contributed by atoms with Gasteiger partial charge < -0.3 is 16.4 Å². The minimum absolute atomic E-state index is 0.180. The van der Waals surface area contributed by atoms with Crippen molar-refractivity contribution in [3.8, 4) is 0 Å². The largest absolute Gasteiger partial charge is 0.384 e. The van der Waals surface area contributed by atoms with Crippen molar-refractivity contribution in [3.63, 3.8) is 0 Å². The molecule has 0 spiro atoms. The second kappa shape index (κ2) is 5.23. The van der Waals surface area contributed by atoms with E-state index in [4.69, 9.17) is 5.73 Å². The number of nitrogen functional groups attached to an aromatic ring is 1. The van der Waals surface area contributed by atoms with Gasteiger partial charge >= 0.3 is 6.03 Å². The standard InChI is InChI=1S/C9H17N5O/c1-3-4-11-9(15)12-5-7-6-13-14(2)8(7)10/h6H,3-5,10H2,1-2H3,(H2,11,12,15).